The van der Waals surface area contributed by atoms with E-state index in [-0.39, 0.29) is 12.2 Å². The molecule has 1 N–H and O–H groups in total. The maximum atomic E-state index is 12.2. The van der Waals surface area contributed by atoms with Crippen LogP contribution >= 0.6 is 0 Å². The van der Waals surface area contributed by atoms with Crippen molar-refractivity contribution in [3.05, 3.63) is 120 Å². The van der Waals surface area contributed by atoms with Gasteiger partial charge in [0.2, 0.25) is 0 Å². The Labute approximate surface area is 254 Å². The van der Waals surface area contributed by atoms with E-state index in [0.717, 1.165) is 89.3 Å². The summed E-state index contributed by atoms with van der Waals surface area (Å²) >= 11 is 0. The molecule has 5 aromatic rings. The summed E-state index contributed by atoms with van der Waals surface area (Å²) in [6, 6.07) is 32.8. The molecular formula is C38H42N2O3. The standard InChI is InChI=1S/C38H42N2O3/c1-3-5-19-35(33-23-21-28-14-8-11-17-31(28)39-33)42-38(26-25-27-13-7-10-16-30(27)37(38)41)43-36(20-6-4-2)34-24-22-29-15-9-12-18-32(29)40-34/h7-18,21-24,35-37,41H,3-6,19-20,25-26H2,1-2H3. The quantitative estimate of drug-likeness (QED) is 0.150. The van der Waals surface area contributed by atoms with E-state index in [9.17, 15) is 5.11 Å². The zero-order chi connectivity index (χ0) is 29.6. The number of benzene rings is 3. The first-order chi connectivity index (χ1) is 21.1. The third kappa shape index (κ3) is 6.35. The first-order valence-corrected chi connectivity index (χ1v) is 15.9. The number of ether oxygens (including phenoxy) is 2. The van der Waals surface area contributed by atoms with Crippen LogP contribution in [0.2, 0.25) is 0 Å². The minimum absolute atomic E-state index is 0.333. The van der Waals surface area contributed by atoms with Crippen molar-refractivity contribution < 1.29 is 14.6 Å². The van der Waals surface area contributed by atoms with Gasteiger partial charge in [0.05, 0.1) is 22.4 Å². The molecule has 0 bridgehead atoms. The first kappa shape index (κ1) is 29.4. The van der Waals surface area contributed by atoms with Gasteiger partial charge in [0, 0.05) is 17.2 Å². The number of hydrogen-bond acceptors (Lipinski definition) is 5. The molecule has 3 aromatic carbocycles. The van der Waals surface area contributed by atoms with Crippen molar-refractivity contribution in [3.8, 4) is 0 Å². The van der Waals surface area contributed by atoms with Crippen molar-refractivity contribution in [1.82, 2.24) is 9.97 Å². The van der Waals surface area contributed by atoms with Crippen LogP contribution in [0.5, 0.6) is 0 Å². The number of nitrogens with zero attached hydrogens (tertiary/aromatic N) is 2. The summed E-state index contributed by atoms with van der Waals surface area (Å²) in [7, 11) is 0. The summed E-state index contributed by atoms with van der Waals surface area (Å²) in [5.74, 6) is -1.26. The van der Waals surface area contributed by atoms with Gasteiger partial charge in [-0.2, -0.15) is 0 Å². The Kier molecular flexibility index (Phi) is 9.13. The predicted molar refractivity (Wildman–Crippen MR) is 173 cm³/mol. The highest BCUT2D eigenvalue weighted by molar-refractivity contribution is 5.79. The molecule has 0 fully saturated rings. The van der Waals surface area contributed by atoms with Gasteiger partial charge < -0.3 is 14.6 Å². The first-order valence-electron chi connectivity index (χ1n) is 15.9. The summed E-state index contributed by atoms with van der Waals surface area (Å²) in [5, 5.41) is 14.4. The van der Waals surface area contributed by atoms with Gasteiger partial charge in [0.25, 0.3) is 0 Å². The number of aromatic nitrogens is 2. The summed E-state index contributed by atoms with van der Waals surface area (Å²) in [6.45, 7) is 4.38. The van der Waals surface area contributed by atoms with Crippen LogP contribution < -0.4 is 0 Å². The second kappa shape index (κ2) is 13.3. The van der Waals surface area contributed by atoms with Gasteiger partial charge in [-0.05, 0) is 54.7 Å². The van der Waals surface area contributed by atoms with Crippen LogP contribution in [0.1, 0.15) is 99.6 Å². The second-order valence-electron chi connectivity index (χ2n) is 11.8. The third-order valence-electron chi connectivity index (χ3n) is 8.73. The van der Waals surface area contributed by atoms with Gasteiger partial charge in [-0.15, -0.1) is 0 Å². The molecule has 3 atom stereocenters. The zero-order valence-electron chi connectivity index (χ0n) is 25.3. The minimum atomic E-state index is -1.26. The molecule has 3 unspecified atom stereocenters. The highest BCUT2D eigenvalue weighted by Gasteiger charge is 2.48. The zero-order valence-corrected chi connectivity index (χ0v) is 25.3. The van der Waals surface area contributed by atoms with Crippen LogP contribution in [-0.2, 0) is 15.9 Å². The van der Waals surface area contributed by atoms with E-state index in [1.165, 1.54) is 0 Å². The smallest absolute Gasteiger partial charge is 0.200 e. The number of aliphatic hydroxyl groups excluding tert-OH is 1. The van der Waals surface area contributed by atoms with E-state index < -0.39 is 11.9 Å². The average Bonchev–Trinajstić information content (AvgIpc) is 3.06. The lowest BCUT2D eigenvalue weighted by atomic mass is 9.84. The Morgan fingerprint density at radius 3 is 1.77 bits per heavy atom. The van der Waals surface area contributed by atoms with Crippen LogP contribution in [0, 0.1) is 0 Å². The van der Waals surface area contributed by atoms with Crippen molar-refractivity contribution in [3.63, 3.8) is 0 Å². The van der Waals surface area contributed by atoms with Gasteiger partial charge in [0.1, 0.15) is 18.3 Å². The molecule has 6 rings (SSSR count). The van der Waals surface area contributed by atoms with Gasteiger partial charge in [-0.3, -0.25) is 9.97 Å². The second-order valence-corrected chi connectivity index (χ2v) is 11.8. The van der Waals surface area contributed by atoms with Crippen molar-refractivity contribution in [1.29, 1.82) is 0 Å². The maximum Gasteiger partial charge on any atom is 0.200 e. The van der Waals surface area contributed by atoms with Crippen LogP contribution in [0.15, 0.2) is 97.1 Å². The Bertz CT molecular complexity index is 1570. The lowest BCUT2D eigenvalue weighted by Gasteiger charge is -2.45. The van der Waals surface area contributed by atoms with Crippen LogP contribution in [-0.4, -0.2) is 20.9 Å². The summed E-state index contributed by atoms with van der Waals surface area (Å²) in [4.78, 5) is 10.1. The minimum Gasteiger partial charge on any atom is -0.383 e. The molecule has 5 nitrogen and oxygen atoms in total. The van der Waals surface area contributed by atoms with Crippen molar-refractivity contribution >= 4 is 21.8 Å². The molecule has 2 heterocycles. The molecule has 43 heavy (non-hydrogen) atoms. The molecule has 5 heteroatoms. The molecule has 2 aromatic heterocycles. The number of aryl methyl sites for hydroxylation is 1. The molecule has 0 saturated carbocycles. The van der Waals surface area contributed by atoms with Gasteiger partial charge in [0.15, 0.2) is 5.79 Å². The Morgan fingerprint density at radius 2 is 1.21 bits per heavy atom. The van der Waals surface area contributed by atoms with Crippen molar-refractivity contribution in [2.75, 3.05) is 0 Å². The van der Waals surface area contributed by atoms with Gasteiger partial charge >= 0.3 is 0 Å². The normalized spacial score (nSPS) is 19.7. The highest BCUT2D eigenvalue weighted by Crippen LogP contribution is 2.47. The predicted octanol–water partition coefficient (Wildman–Crippen LogP) is 9.36. The lowest BCUT2D eigenvalue weighted by Crippen LogP contribution is -2.47. The van der Waals surface area contributed by atoms with Crippen LogP contribution in [0.4, 0.5) is 0 Å². The molecule has 1 aliphatic rings. The molecule has 0 aliphatic heterocycles. The molecular weight excluding hydrogens is 532 g/mol. The molecule has 1 aliphatic carbocycles. The van der Waals surface area contributed by atoms with E-state index in [1.54, 1.807) is 0 Å². The molecule has 0 spiro atoms. The Morgan fingerprint density at radius 1 is 0.698 bits per heavy atom. The van der Waals surface area contributed by atoms with E-state index >= 15 is 0 Å². The largest absolute Gasteiger partial charge is 0.383 e. The molecule has 0 radical (unpaired) electrons. The maximum absolute atomic E-state index is 12.2. The van der Waals surface area contributed by atoms with E-state index in [4.69, 9.17) is 19.4 Å². The number of fused-ring (bicyclic) bond motifs is 3. The number of rotatable bonds is 12. The van der Waals surface area contributed by atoms with Crippen LogP contribution in [0.25, 0.3) is 21.8 Å². The fourth-order valence-corrected chi connectivity index (χ4v) is 6.30. The summed E-state index contributed by atoms with van der Waals surface area (Å²) in [5.41, 5.74) is 5.63. The number of hydrogen-bond donors (Lipinski definition) is 1. The number of aliphatic hydroxyl groups is 1. The average molecular weight is 575 g/mol. The SMILES string of the molecule is CCCCC(OC1(OC(CCCC)c2ccc3ccccc3n2)CCc2ccccc2C1O)c1ccc2ccccc2n1. The van der Waals surface area contributed by atoms with Crippen molar-refractivity contribution in [2.24, 2.45) is 0 Å². The number of para-hydroxylation sites is 2. The van der Waals surface area contributed by atoms with Gasteiger partial charge in [-0.25, -0.2) is 0 Å². The topological polar surface area (TPSA) is 64.5 Å². The van der Waals surface area contributed by atoms with E-state index in [1.807, 2.05) is 54.6 Å². The fraction of sp³-hybridized carbons (Fsp3) is 0.368. The molecule has 222 valence electrons. The fourth-order valence-electron chi connectivity index (χ4n) is 6.30. The van der Waals surface area contributed by atoms with E-state index in [0.29, 0.717) is 6.42 Å². The molecule has 0 saturated heterocycles. The summed E-state index contributed by atoms with van der Waals surface area (Å²) in [6.07, 6.45) is 5.28. The lowest BCUT2D eigenvalue weighted by molar-refractivity contribution is -0.331. The van der Waals surface area contributed by atoms with Gasteiger partial charge in [-0.1, -0.05) is 112 Å². The Balaban J connectivity index is 1.42. The van der Waals surface area contributed by atoms with Crippen molar-refractivity contribution in [2.45, 2.75) is 89.3 Å². The number of pyridine rings is 2. The Hall–Kier alpha value is -3.64. The monoisotopic (exact) mass is 574 g/mol. The summed E-state index contributed by atoms with van der Waals surface area (Å²) < 4.78 is 14.3. The highest BCUT2D eigenvalue weighted by atomic mass is 16.7. The third-order valence-corrected chi connectivity index (χ3v) is 8.73. The number of unbranched alkanes of at least 4 members (excludes halogenated alkanes) is 2. The van der Waals surface area contributed by atoms with Crippen LogP contribution in [0.3, 0.4) is 0 Å². The van der Waals surface area contributed by atoms with E-state index in [2.05, 4.69) is 56.3 Å². The molecule has 0 amide bonds.